The number of rotatable bonds is 9. The van der Waals surface area contributed by atoms with Crippen LogP contribution >= 0.6 is 0 Å². The molecule has 2 heterocycles. The van der Waals surface area contributed by atoms with E-state index < -0.39 is 21.9 Å². The summed E-state index contributed by atoms with van der Waals surface area (Å²) in [7, 11) is -3.70. The van der Waals surface area contributed by atoms with Crippen molar-refractivity contribution >= 4 is 33.3 Å². The van der Waals surface area contributed by atoms with Gasteiger partial charge in [0.05, 0.1) is 28.4 Å². The number of sulfonamides is 1. The van der Waals surface area contributed by atoms with Gasteiger partial charge in [-0.2, -0.15) is 4.31 Å². The predicted molar refractivity (Wildman–Crippen MR) is 132 cm³/mol. The largest absolute Gasteiger partial charge is 0.462 e. The lowest BCUT2D eigenvalue weighted by Crippen LogP contribution is -2.31. The summed E-state index contributed by atoms with van der Waals surface area (Å²) in [5, 5.41) is 2.90. The SMILES string of the molecule is CCOC(=O)c1c(C)[nH]c(C(=O)Nc2cc(S(=O)(=O)N(CC)CC)ccc2N2CCCC2)c1C. The van der Waals surface area contributed by atoms with Crippen molar-refractivity contribution < 1.29 is 22.7 Å². The van der Waals surface area contributed by atoms with Gasteiger partial charge in [0, 0.05) is 31.9 Å². The molecule has 0 atom stereocenters. The van der Waals surface area contributed by atoms with Crippen molar-refractivity contribution in [2.45, 2.75) is 52.4 Å². The van der Waals surface area contributed by atoms with Crippen LogP contribution < -0.4 is 10.2 Å². The molecule has 2 N–H and O–H groups in total. The van der Waals surface area contributed by atoms with E-state index in [2.05, 4.69) is 15.2 Å². The number of esters is 1. The molecule has 1 saturated heterocycles. The smallest absolute Gasteiger partial charge is 0.340 e. The van der Waals surface area contributed by atoms with E-state index in [-0.39, 0.29) is 17.2 Å². The highest BCUT2D eigenvalue weighted by Crippen LogP contribution is 2.33. The topological polar surface area (TPSA) is 112 Å². The lowest BCUT2D eigenvalue weighted by atomic mass is 10.1. The van der Waals surface area contributed by atoms with Gasteiger partial charge in [0.15, 0.2) is 0 Å². The number of carbonyl (C=O) groups excluding carboxylic acids is 2. The Morgan fingerprint density at radius 2 is 1.76 bits per heavy atom. The highest BCUT2D eigenvalue weighted by molar-refractivity contribution is 7.89. The van der Waals surface area contributed by atoms with Gasteiger partial charge in [-0.25, -0.2) is 13.2 Å². The predicted octanol–water partition coefficient (Wildman–Crippen LogP) is 3.69. The summed E-state index contributed by atoms with van der Waals surface area (Å²) in [6, 6.07) is 4.88. The highest BCUT2D eigenvalue weighted by atomic mass is 32.2. The summed E-state index contributed by atoms with van der Waals surface area (Å²) < 4.78 is 32.7. The van der Waals surface area contributed by atoms with E-state index in [0.717, 1.165) is 31.6 Å². The van der Waals surface area contributed by atoms with Gasteiger partial charge in [0.2, 0.25) is 10.0 Å². The van der Waals surface area contributed by atoms with Crippen molar-refractivity contribution in [3.8, 4) is 0 Å². The molecule has 3 rings (SSSR count). The van der Waals surface area contributed by atoms with E-state index >= 15 is 0 Å². The maximum Gasteiger partial charge on any atom is 0.340 e. The van der Waals surface area contributed by atoms with Crippen LogP contribution in [0.2, 0.25) is 0 Å². The first-order chi connectivity index (χ1) is 16.1. The summed E-state index contributed by atoms with van der Waals surface area (Å²) in [5.41, 5.74) is 2.80. The normalized spacial score (nSPS) is 14.0. The number of aromatic amines is 1. The van der Waals surface area contributed by atoms with Gasteiger partial charge in [-0.05, 0) is 57.4 Å². The van der Waals surface area contributed by atoms with E-state index in [1.165, 1.54) is 10.4 Å². The Labute approximate surface area is 201 Å². The van der Waals surface area contributed by atoms with Crippen LogP contribution in [0, 0.1) is 13.8 Å². The zero-order valence-corrected chi connectivity index (χ0v) is 21.3. The van der Waals surface area contributed by atoms with Crippen molar-refractivity contribution in [3.63, 3.8) is 0 Å². The summed E-state index contributed by atoms with van der Waals surface area (Å²) in [6.45, 7) is 11.3. The second-order valence-corrected chi connectivity index (χ2v) is 10.2. The van der Waals surface area contributed by atoms with Crippen LogP contribution in [0.4, 0.5) is 11.4 Å². The van der Waals surface area contributed by atoms with Crippen molar-refractivity contribution in [2.24, 2.45) is 0 Å². The van der Waals surface area contributed by atoms with E-state index in [1.807, 2.05) is 0 Å². The van der Waals surface area contributed by atoms with Gasteiger partial charge in [-0.3, -0.25) is 4.79 Å². The summed E-state index contributed by atoms with van der Waals surface area (Å²) in [6.07, 6.45) is 2.06. The molecule has 2 aromatic rings. The number of nitrogens with one attached hydrogen (secondary N) is 2. The number of hydrogen-bond donors (Lipinski definition) is 2. The minimum atomic E-state index is -3.70. The van der Waals surface area contributed by atoms with Crippen LogP contribution in [0.1, 0.15) is 65.7 Å². The molecule has 0 saturated carbocycles. The van der Waals surface area contributed by atoms with Gasteiger partial charge in [0.25, 0.3) is 5.91 Å². The summed E-state index contributed by atoms with van der Waals surface area (Å²) >= 11 is 0. The van der Waals surface area contributed by atoms with Crippen LogP contribution in [0.5, 0.6) is 0 Å². The van der Waals surface area contributed by atoms with Crippen LogP contribution in [0.3, 0.4) is 0 Å². The lowest BCUT2D eigenvalue weighted by molar-refractivity contribution is 0.0525. The van der Waals surface area contributed by atoms with Gasteiger partial charge in [-0.15, -0.1) is 0 Å². The molecule has 0 spiro atoms. The zero-order chi connectivity index (χ0) is 25.0. The summed E-state index contributed by atoms with van der Waals surface area (Å²) in [4.78, 5) is 30.9. The third-order valence-corrected chi connectivity index (χ3v) is 8.20. The fourth-order valence-electron chi connectivity index (χ4n) is 4.39. The third kappa shape index (κ3) is 4.97. The first-order valence-electron chi connectivity index (χ1n) is 11.7. The molecule has 186 valence electrons. The number of ether oxygens (including phenoxy) is 1. The Morgan fingerprint density at radius 1 is 1.12 bits per heavy atom. The molecule has 1 fully saturated rings. The number of benzene rings is 1. The summed E-state index contributed by atoms with van der Waals surface area (Å²) in [5.74, 6) is -0.938. The molecular weight excluding hydrogens is 456 g/mol. The Kier molecular flexibility index (Phi) is 8.04. The second kappa shape index (κ2) is 10.6. The number of anilines is 2. The van der Waals surface area contributed by atoms with Gasteiger partial charge in [0.1, 0.15) is 5.69 Å². The Bertz CT molecular complexity index is 1160. The fraction of sp³-hybridized carbons (Fsp3) is 0.500. The Hall–Kier alpha value is -2.85. The molecule has 0 aliphatic carbocycles. The quantitative estimate of drug-likeness (QED) is 0.519. The molecule has 1 aromatic heterocycles. The molecule has 1 aliphatic heterocycles. The van der Waals surface area contributed by atoms with Crippen molar-refractivity contribution in [3.05, 3.63) is 40.7 Å². The zero-order valence-electron chi connectivity index (χ0n) is 20.5. The standard InChI is InChI=1S/C24H34N4O5S/c1-6-28(7-2)34(31,32)18-11-12-20(27-13-9-10-14-27)19(15-18)26-23(29)22-16(4)21(17(5)25-22)24(30)33-8-3/h11-12,15,25H,6-10,13-14H2,1-5H3,(H,26,29). The number of hydrogen-bond acceptors (Lipinski definition) is 6. The molecule has 0 radical (unpaired) electrons. The molecular formula is C24H34N4O5S. The second-order valence-electron chi connectivity index (χ2n) is 8.26. The molecule has 1 aliphatic rings. The van der Waals surface area contributed by atoms with Crippen LogP contribution in [-0.4, -0.2) is 62.4 Å². The minimum absolute atomic E-state index is 0.126. The molecule has 1 aromatic carbocycles. The average molecular weight is 491 g/mol. The van der Waals surface area contributed by atoms with Gasteiger partial charge >= 0.3 is 5.97 Å². The fourth-order valence-corrected chi connectivity index (χ4v) is 5.88. The van der Waals surface area contributed by atoms with Crippen molar-refractivity contribution in [1.82, 2.24) is 9.29 Å². The van der Waals surface area contributed by atoms with E-state index in [0.29, 0.717) is 35.6 Å². The molecule has 10 heteroatoms. The van der Waals surface area contributed by atoms with Crippen LogP contribution in [-0.2, 0) is 14.8 Å². The van der Waals surface area contributed by atoms with Crippen LogP contribution in [0.25, 0.3) is 0 Å². The molecule has 9 nitrogen and oxygen atoms in total. The third-order valence-electron chi connectivity index (χ3n) is 6.15. The number of nitrogens with zero attached hydrogens (tertiary/aromatic N) is 2. The molecule has 1 amide bonds. The van der Waals surface area contributed by atoms with Gasteiger partial charge in [-0.1, -0.05) is 13.8 Å². The number of amides is 1. The van der Waals surface area contributed by atoms with Crippen LogP contribution in [0.15, 0.2) is 23.1 Å². The average Bonchev–Trinajstić information content (AvgIpc) is 3.42. The van der Waals surface area contributed by atoms with Crippen molar-refractivity contribution in [2.75, 3.05) is 43.0 Å². The van der Waals surface area contributed by atoms with E-state index in [4.69, 9.17) is 4.74 Å². The monoisotopic (exact) mass is 490 g/mol. The maximum atomic E-state index is 13.3. The minimum Gasteiger partial charge on any atom is -0.462 e. The first-order valence-corrected chi connectivity index (χ1v) is 13.2. The number of carbonyl (C=O) groups is 2. The van der Waals surface area contributed by atoms with Crippen molar-refractivity contribution in [1.29, 1.82) is 0 Å². The number of aromatic nitrogens is 1. The molecule has 34 heavy (non-hydrogen) atoms. The highest BCUT2D eigenvalue weighted by Gasteiger charge is 2.27. The molecule has 0 unspecified atom stereocenters. The number of aryl methyl sites for hydroxylation is 1. The number of H-pyrrole nitrogens is 1. The van der Waals surface area contributed by atoms with Gasteiger partial charge < -0.3 is 19.9 Å². The Balaban J connectivity index is 2.02. The lowest BCUT2D eigenvalue weighted by Gasteiger charge is -2.24. The maximum absolute atomic E-state index is 13.3. The van der Waals surface area contributed by atoms with E-state index in [9.17, 15) is 18.0 Å². The molecule has 0 bridgehead atoms. The Morgan fingerprint density at radius 3 is 2.35 bits per heavy atom. The van der Waals surface area contributed by atoms with E-state index in [1.54, 1.807) is 46.8 Å². The first kappa shape index (κ1) is 25.8.